The van der Waals surface area contributed by atoms with Crippen LogP contribution in [0.2, 0.25) is 0 Å². The normalized spacial score (nSPS) is 18.0. The summed E-state index contributed by atoms with van der Waals surface area (Å²) in [7, 11) is 0. The highest BCUT2D eigenvalue weighted by Crippen LogP contribution is 2.29. The summed E-state index contributed by atoms with van der Waals surface area (Å²) < 4.78 is 44.6. The molecule has 8 heteroatoms. The monoisotopic (exact) mass is 551 g/mol. The molecule has 2 saturated heterocycles. The molecule has 1 N–H and O–H groups in total. The highest BCUT2D eigenvalue weighted by molar-refractivity contribution is 5.94. The van der Waals surface area contributed by atoms with Gasteiger partial charge in [0.05, 0.1) is 5.56 Å². The first-order valence-corrected chi connectivity index (χ1v) is 14.0. The lowest BCUT2D eigenvalue weighted by Gasteiger charge is -2.32. The Morgan fingerprint density at radius 1 is 0.775 bits per heavy atom. The zero-order valence-electron chi connectivity index (χ0n) is 22.6. The number of nitrogens with one attached hydrogen (secondary N) is 1. The first-order valence-electron chi connectivity index (χ1n) is 14.0. The number of likely N-dealkylation sites (tertiary alicyclic amines) is 2. The third-order valence-electron chi connectivity index (χ3n) is 7.79. The van der Waals surface area contributed by atoms with E-state index in [4.69, 9.17) is 4.74 Å². The van der Waals surface area contributed by atoms with E-state index in [-0.39, 0.29) is 18.1 Å². The molecule has 2 heterocycles. The van der Waals surface area contributed by atoms with Crippen molar-refractivity contribution in [1.82, 2.24) is 15.1 Å². The van der Waals surface area contributed by atoms with Gasteiger partial charge < -0.3 is 10.1 Å². The average molecular weight is 552 g/mol. The molecule has 0 atom stereocenters. The average Bonchev–Trinajstić information content (AvgIpc) is 2.96. The molecule has 0 aromatic heterocycles. The standard InChI is InChI=1S/C32H36F3N3O2/c33-32(34,35)27-11-9-25(10-12-27)23-38-19-15-29(16-20-38)40-30-8-4-7-26(21-30)31(39)36-28-13-17-37(18-14-28)22-24-5-2-1-3-6-24/h1-12,21,28-29H,13-20,22-23H2,(H,36,39). The Kier molecular flexibility index (Phi) is 9.07. The Hall–Kier alpha value is -3.36. The predicted octanol–water partition coefficient (Wildman–Crippen LogP) is 6.14. The molecule has 5 nitrogen and oxygen atoms in total. The molecule has 0 aliphatic carbocycles. The fraction of sp³-hybridized carbons (Fsp3) is 0.406. The maximum absolute atomic E-state index is 13.0. The minimum atomic E-state index is -4.31. The Bertz CT molecular complexity index is 1230. The Morgan fingerprint density at radius 2 is 1.38 bits per heavy atom. The van der Waals surface area contributed by atoms with Gasteiger partial charge in [0, 0.05) is 50.9 Å². The van der Waals surface area contributed by atoms with E-state index in [0.717, 1.165) is 76.1 Å². The summed E-state index contributed by atoms with van der Waals surface area (Å²) in [4.78, 5) is 17.6. The zero-order valence-corrected chi connectivity index (χ0v) is 22.6. The SMILES string of the molecule is O=C(NC1CCN(Cc2ccccc2)CC1)c1cccc(OC2CCN(Cc3ccc(C(F)(F)F)cc3)CC2)c1. The van der Waals surface area contributed by atoms with Crippen LogP contribution in [0.4, 0.5) is 13.2 Å². The van der Waals surface area contributed by atoms with E-state index in [9.17, 15) is 18.0 Å². The Morgan fingerprint density at radius 3 is 2.00 bits per heavy atom. The Balaban J connectivity index is 1.05. The van der Waals surface area contributed by atoms with Crippen LogP contribution in [0, 0.1) is 0 Å². The van der Waals surface area contributed by atoms with Crippen molar-refractivity contribution >= 4 is 5.91 Å². The van der Waals surface area contributed by atoms with Crippen LogP contribution in [-0.4, -0.2) is 54.0 Å². The number of benzene rings is 3. The van der Waals surface area contributed by atoms with Gasteiger partial charge in [-0.15, -0.1) is 0 Å². The van der Waals surface area contributed by atoms with E-state index in [0.29, 0.717) is 17.9 Å². The van der Waals surface area contributed by atoms with Crippen molar-refractivity contribution < 1.29 is 22.7 Å². The summed E-state index contributed by atoms with van der Waals surface area (Å²) in [5, 5.41) is 3.20. The van der Waals surface area contributed by atoms with Crippen molar-refractivity contribution in [2.24, 2.45) is 0 Å². The van der Waals surface area contributed by atoms with Crippen molar-refractivity contribution in [3.8, 4) is 5.75 Å². The molecule has 3 aromatic carbocycles. The third-order valence-corrected chi connectivity index (χ3v) is 7.79. The number of nitrogens with zero attached hydrogens (tertiary/aromatic N) is 2. The summed E-state index contributed by atoms with van der Waals surface area (Å²) in [6, 6.07) is 23.4. The van der Waals surface area contributed by atoms with Crippen molar-refractivity contribution in [1.29, 1.82) is 0 Å². The third kappa shape index (κ3) is 7.86. The first-order chi connectivity index (χ1) is 19.3. The van der Waals surface area contributed by atoms with E-state index in [1.54, 1.807) is 12.1 Å². The number of piperidine rings is 2. The van der Waals surface area contributed by atoms with E-state index in [1.807, 2.05) is 30.3 Å². The van der Waals surface area contributed by atoms with E-state index in [1.165, 1.54) is 5.56 Å². The second kappa shape index (κ2) is 12.9. The maximum atomic E-state index is 13.0. The Labute approximate surface area is 233 Å². The van der Waals surface area contributed by atoms with Gasteiger partial charge in [-0.2, -0.15) is 13.2 Å². The number of hydrogen-bond acceptors (Lipinski definition) is 4. The number of halogens is 3. The fourth-order valence-corrected chi connectivity index (χ4v) is 5.49. The number of carbonyl (C=O) groups excluding carboxylic acids is 1. The zero-order chi connectivity index (χ0) is 28.0. The topological polar surface area (TPSA) is 44.8 Å². The lowest BCUT2D eigenvalue weighted by atomic mass is 10.0. The van der Waals surface area contributed by atoms with Crippen LogP contribution in [0.1, 0.15) is 52.7 Å². The molecule has 2 fully saturated rings. The minimum absolute atomic E-state index is 0.0381. The van der Waals surface area contributed by atoms with Gasteiger partial charge in [0.1, 0.15) is 11.9 Å². The van der Waals surface area contributed by atoms with Crippen LogP contribution in [0.5, 0.6) is 5.75 Å². The van der Waals surface area contributed by atoms with Gasteiger partial charge in [-0.1, -0.05) is 48.5 Å². The van der Waals surface area contributed by atoms with E-state index >= 15 is 0 Å². The molecular formula is C32H36F3N3O2. The van der Waals surface area contributed by atoms with Crippen LogP contribution in [0.3, 0.4) is 0 Å². The number of amides is 1. The van der Waals surface area contributed by atoms with Crippen LogP contribution in [0.25, 0.3) is 0 Å². The summed E-state index contributed by atoms with van der Waals surface area (Å²) >= 11 is 0. The first kappa shape index (κ1) is 28.2. The molecule has 0 spiro atoms. The molecule has 3 aromatic rings. The van der Waals surface area contributed by atoms with Crippen LogP contribution < -0.4 is 10.1 Å². The number of alkyl halides is 3. The smallest absolute Gasteiger partial charge is 0.416 e. The number of hydrogen-bond donors (Lipinski definition) is 1. The van der Waals surface area contributed by atoms with Crippen molar-refractivity contribution in [2.45, 2.75) is 57.1 Å². The van der Waals surface area contributed by atoms with Crippen LogP contribution in [0.15, 0.2) is 78.9 Å². The van der Waals surface area contributed by atoms with Crippen molar-refractivity contribution in [3.63, 3.8) is 0 Å². The van der Waals surface area contributed by atoms with Gasteiger partial charge >= 0.3 is 6.18 Å². The number of ether oxygens (including phenoxy) is 1. The second-order valence-electron chi connectivity index (χ2n) is 10.8. The highest BCUT2D eigenvalue weighted by Gasteiger charge is 2.30. The van der Waals surface area contributed by atoms with Crippen molar-refractivity contribution in [2.75, 3.05) is 26.2 Å². The summed E-state index contributed by atoms with van der Waals surface area (Å²) in [5.74, 6) is 0.616. The number of rotatable bonds is 8. The largest absolute Gasteiger partial charge is 0.490 e. The van der Waals surface area contributed by atoms with E-state index in [2.05, 4.69) is 39.4 Å². The highest BCUT2D eigenvalue weighted by atomic mass is 19.4. The minimum Gasteiger partial charge on any atom is -0.490 e. The van der Waals surface area contributed by atoms with Gasteiger partial charge in [-0.05, 0) is 67.1 Å². The molecule has 212 valence electrons. The molecular weight excluding hydrogens is 515 g/mol. The molecule has 0 unspecified atom stereocenters. The van der Waals surface area contributed by atoms with Gasteiger partial charge in [0.15, 0.2) is 0 Å². The number of carbonyl (C=O) groups is 1. The van der Waals surface area contributed by atoms with Crippen LogP contribution >= 0.6 is 0 Å². The molecule has 40 heavy (non-hydrogen) atoms. The van der Waals surface area contributed by atoms with E-state index < -0.39 is 11.7 Å². The molecule has 2 aliphatic heterocycles. The fourth-order valence-electron chi connectivity index (χ4n) is 5.49. The lowest BCUT2D eigenvalue weighted by Crippen LogP contribution is -2.44. The lowest BCUT2D eigenvalue weighted by molar-refractivity contribution is -0.137. The predicted molar refractivity (Wildman–Crippen MR) is 149 cm³/mol. The molecule has 5 rings (SSSR count). The van der Waals surface area contributed by atoms with Crippen LogP contribution in [-0.2, 0) is 19.3 Å². The van der Waals surface area contributed by atoms with Gasteiger partial charge in [0.2, 0.25) is 0 Å². The quantitative estimate of drug-likeness (QED) is 0.365. The van der Waals surface area contributed by atoms with Gasteiger partial charge in [0.25, 0.3) is 5.91 Å². The van der Waals surface area contributed by atoms with Gasteiger partial charge in [-0.3, -0.25) is 14.6 Å². The summed E-state index contributed by atoms with van der Waals surface area (Å²) in [5.41, 5.74) is 2.16. The molecule has 0 bridgehead atoms. The summed E-state index contributed by atoms with van der Waals surface area (Å²) in [6.07, 6.45) is -0.778. The van der Waals surface area contributed by atoms with Crippen molar-refractivity contribution in [3.05, 3.63) is 101 Å². The molecule has 0 saturated carbocycles. The summed E-state index contributed by atoms with van der Waals surface area (Å²) in [6.45, 7) is 5.07. The van der Waals surface area contributed by atoms with Gasteiger partial charge in [-0.25, -0.2) is 0 Å². The maximum Gasteiger partial charge on any atom is 0.416 e. The molecule has 1 amide bonds. The molecule has 0 radical (unpaired) electrons. The second-order valence-corrected chi connectivity index (χ2v) is 10.8. The molecule has 2 aliphatic rings.